The molecule has 1 aliphatic carbocycles. The van der Waals surface area contributed by atoms with Crippen LogP contribution in [0.15, 0.2) is 170 Å². The van der Waals surface area contributed by atoms with Crippen molar-refractivity contribution >= 4 is 53.9 Å². The van der Waals surface area contributed by atoms with Gasteiger partial charge in [0.15, 0.2) is 0 Å². The van der Waals surface area contributed by atoms with Crippen LogP contribution in [-0.4, -0.2) is 0 Å². The summed E-state index contributed by atoms with van der Waals surface area (Å²) in [6.07, 6.45) is 0. The van der Waals surface area contributed by atoms with Crippen molar-refractivity contribution in [2.75, 3.05) is 0 Å². The molecule has 10 aromatic carbocycles. The Hall–Kier alpha value is -6.50. The topological polar surface area (TPSA) is 0 Å². The molecule has 0 nitrogen and oxygen atoms in total. The van der Waals surface area contributed by atoms with E-state index in [1.54, 1.807) is 0 Å². The molecule has 0 aromatic heterocycles. The molecule has 0 bridgehead atoms. The summed E-state index contributed by atoms with van der Waals surface area (Å²) in [6, 6.07) is 63.5. The van der Waals surface area contributed by atoms with E-state index in [1.165, 1.54) is 121 Å². The lowest BCUT2D eigenvalue weighted by Gasteiger charge is -2.16. The molecule has 0 heterocycles. The zero-order valence-electron chi connectivity index (χ0n) is 29.2. The normalized spacial score (nSPS) is 12.0. The molecule has 11 rings (SSSR count). The molecule has 0 fully saturated rings. The number of rotatable bonds is 3. The molecule has 0 spiro atoms. The molecule has 0 saturated heterocycles. The van der Waals surface area contributed by atoms with Gasteiger partial charge in [-0.15, -0.1) is 0 Å². The smallest absolute Gasteiger partial charge is 0.00197 e. The number of hydrogen-bond donors (Lipinski definition) is 0. The molecule has 0 unspecified atom stereocenters. The molecule has 0 saturated carbocycles. The zero-order chi connectivity index (χ0) is 34.5. The predicted molar refractivity (Wildman–Crippen MR) is 224 cm³/mol. The summed E-state index contributed by atoms with van der Waals surface area (Å²) in [4.78, 5) is 0. The standard InChI is InChI=1S/C52H34/c1-31-27-49(32(2)26-48(31)35-12-7-11-34(28-35)40-16-8-17-42-39-13-4-3-10-33(39)22-25-45(40)42)37-23-24-41-36(29-37)20-21-38-30-50-44-15-6-5-14-43(44)46-18-9-19-47(51(38)41)52(46)50/h3-30H,1-2H3. The first-order valence-corrected chi connectivity index (χ1v) is 18.3. The van der Waals surface area contributed by atoms with Gasteiger partial charge in [0.05, 0.1) is 0 Å². The largest absolute Gasteiger partial charge is 0.0616 e. The van der Waals surface area contributed by atoms with Gasteiger partial charge < -0.3 is 0 Å². The molecule has 52 heavy (non-hydrogen) atoms. The van der Waals surface area contributed by atoms with Crippen molar-refractivity contribution in [3.05, 3.63) is 181 Å². The molecular weight excluding hydrogens is 625 g/mol. The molecule has 1 aliphatic rings. The average molecular weight is 659 g/mol. The van der Waals surface area contributed by atoms with Crippen molar-refractivity contribution in [1.29, 1.82) is 0 Å². The zero-order valence-corrected chi connectivity index (χ0v) is 29.2. The Balaban J connectivity index is 1.00. The molecule has 0 aliphatic heterocycles. The van der Waals surface area contributed by atoms with Gasteiger partial charge in [0.1, 0.15) is 0 Å². The summed E-state index contributed by atoms with van der Waals surface area (Å²) in [6.45, 7) is 4.51. The van der Waals surface area contributed by atoms with Crippen molar-refractivity contribution in [2.45, 2.75) is 13.8 Å². The van der Waals surface area contributed by atoms with Crippen molar-refractivity contribution in [3.63, 3.8) is 0 Å². The van der Waals surface area contributed by atoms with Crippen LogP contribution in [0.1, 0.15) is 11.1 Å². The summed E-state index contributed by atoms with van der Waals surface area (Å²) in [5.74, 6) is 0. The Morgan fingerprint density at radius 2 is 0.827 bits per heavy atom. The van der Waals surface area contributed by atoms with Crippen LogP contribution in [0.2, 0.25) is 0 Å². The molecule has 242 valence electrons. The van der Waals surface area contributed by atoms with Crippen molar-refractivity contribution < 1.29 is 0 Å². The fourth-order valence-electron chi connectivity index (χ4n) is 9.19. The van der Waals surface area contributed by atoms with Gasteiger partial charge in [-0.25, -0.2) is 0 Å². The third kappa shape index (κ3) is 4.22. The van der Waals surface area contributed by atoms with Gasteiger partial charge in [-0.1, -0.05) is 152 Å². The van der Waals surface area contributed by atoms with Crippen LogP contribution < -0.4 is 0 Å². The fraction of sp³-hybridized carbons (Fsp3) is 0.0385. The summed E-state index contributed by atoms with van der Waals surface area (Å²) in [5, 5.41) is 13.1. The van der Waals surface area contributed by atoms with Crippen molar-refractivity contribution in [3.8, 4) is 55.6 Å². The van der Waals surface area contributed by atoms with Crippen LogP contribution in [0.25, 0.3) is 109 Å². The highest BCUT2D eigenvalue weighted by molar-refractivity contribution is 6.28. The number of aryl methyl sites for hydroxylation is 2. The Morgan fingerprint density at radius 1 is 0.250 bits per heavy atom. The second-order valence-corrected chi connectivity index (χ2v) is 14.5. The number of benzene rings is 10. The van der Waals surface area contributed by atoms with Crippen LogP contribution >= 0.6 is 0 Å². The van der Waals surface area contributed by atoms with Gasteiger partial charge in [-0.2, -0.15) is 0 Å². The lowest BCUT2D eigenvalue weighted by Crippen LogP contribution is -1.91. The molecule has 0 atom stereocenters. The van der Waals surface area contributed by atoms with E-state index in [9.17, 15) is 0 Å². The van der Waals surface area contributed by atoms with E-state index in [-0.39, 0.29) is 0 Å². The Labute approximate surface area is 303 Å². The Kier molecular flexibility index (Phi) is 6.19. The van der Waals surface area contributed by atoms with Crippen LogP contribution in [0.5, 0.6) is 0 Å². The van der Waals surface area contributed by atoms with E-state index in [1.807, 2.05) is 0 Å². The molecule has 0 heteroatoms. The van der Waals surface area contributed by atoms with E-state index < -0.39 is 0 Å². The summed E-state index contributed by atoms with van der Waals surface area (Å²) in [5.41, 5.74) is 15.5. The maximum Gasteiger partial charge on any atom is -0.00197 e. The molecule has 0 amide bonds. The van der Waals surface area contributed by atoms with E-state index in [0.29, 0.717) is 0 Å². The fourth-order valence-corrected chi connectivity index (χ4v) is 9.19. The van der Waals surface area contributed by atoms with E-state index in [2.05, 4.69) is 184 Å². The highest BCUT2D eigenvalue weighted by atomic mass is 14.3. The van der Waals surface area contributed by atoms with E-state index in [0.717, 1.165) is 0 Å². The Bertz CT molecular complexity index is 3140. The van der Waals surface area contributed by atoms with Crippen LogP contribution in [0.3, 0.4) is 0 Å². The molecule has 0 radical (unpaired) electrons. The van der Waals surface area contributed by atoms with Gasteiger partial charge in [0.25, 0.3) is 0 Å². The van der Waals surface area contributed by atoms with E-state index in [4.69, 9.17) is 0 Å². The minimum Gasteiger partial charge on any atom is -0.0616 e. The number of hydrogen-bond acceptors (Lipinski definition) is 0. The summed E-state index contributed by atoms with van der Waals surface area (Å²) < 4.78 is 0. The third-order valence-corrected chi connectivity index (χ3v) is 11.6. The monoisotopic (exact) mass is 658 g/mol. The van der Waals surface area contributed by atoms with Crippen LogP contribution in [-0.2, 0) is 0 Å². The van der Waals surface area contributed by atoms with Gasteiger partial charge in [0, 0.05) is 0 Å². The number of fused-ring (bicyclic) bond motifs is 10. The highest BCUT2D eigenvalue weighted by Crippen LogP contribution is 2.50. The molecule has 10 aromatic rings. The molecular formula is C52H34. The second kappa shape index (κ2) is 11.0. The minimum absolute atomic E-state index is 1.24. The first-order valence-electron chi connectivity index (χ1n) is 18.3. The third-order valence-electron chi connectivity index (χ3n) is 11.6. The van der Waals surface area contributed by atoms with Gasteiger partial charge in [-0.3, -0.25) is 0 Å². The highest BCUT2D eigenvalue weighted by Gasteiger charge is 2.23. The first-order chi connectivity index (χ1) is 25.6. The quantitative estimate of drug-likeness (QED) is 0.166. The van der Waals surface area contributed by atoms with Crippen LogP contribution in [0.4, 0.5) is 0 Å². The minimum atomic E-state index is 1.24. The lowest BCUT2D eigenvalue weighted by molar-refractivity contribution is 1.39. The SMILES string of the molecule is Cc1cc(-c2ccc3c(ccc4cc5c6c(cccc6c43)-c3ccccc3-5)c2)c(C)cc1-c1cccc(-c2cccc3c2ccc2ccccc23)c1. The lowest BCUT2D eigenvalue weighted by atomic mass is 9.88. The summed E-state index contributed by atoms with van der Waals surface area (Å²) >= 11 is 0. The van der Waals surface area contributed by atoms with E-state index >= 15 is 0 Å². The van der Waals surface area contributed by atoms with Crippen molar-refractivity contribution in [1.82, 2.24) is 0 Å². The molecule has 0 N–H and O–H groups in total. The average Bonchev–Trinajstić information content (AvgIpc) is 3.52. The van der Waals surface area contributed by atoms with Gasteiger partial charge >= 0.3 is 0 Å². The van der Waals surface area contributed by atoms with Gasteiger partial charge in [0.2, 0.25) is 0 Å². The van der Waals surface area contributed by atoms with Gasteiger partial charge in [-0.05, 0) is 153 Å². The van der Waals surface area contributed by atoms with Crippen molar-refractivity contribution in [2.24, 2.45) is 0 Å². The second-order valence-electron chi connectivity index (χ2n) is 14.5. The predicted octanol–water partition coefficient (Wildman–Crippen LogP) is 14.7. The summed E-state index contributed by atoms with van der Waals surface area (Å²) in [7, 11) is 0. The first kappa shape index (κ1) is 29.3. The maximum atomic E-state index is 2.41. The Morgan fingerprint density at radius 3 is 1.65 bits per heavy atom. The maximum absolute atomic E-state index is 2.41. The van der Waals surface area contributed by atoms with Crippen LogP contribution in [0, 0.1) is 13.8 Å².